The Kier molecular flexibility index (Phi) is 4.69. The van der Waals surface area contributed by atoms with Gasteiger partial charge in [0.05, 0.1) is 12.0 Å². The normalized spacial score (nSPS) is 12.7. The van der Waals surface area contributed by atoms with Crippen LogP contribution in [-0.4, -0.2) is 28.2 Å². The smallest absolute Gasteiger partial charge is 0.422 e. The van der Waals surface area contributed by atoms with Gasteiger partial charge in [0.25, 0.3) is 0 Å². The first-order valence-electron chi connectivity index (χ1n) is 6.44. The minimum absolute atomic E-state index is 0.0361. The molecule has 0 saturated heterocycles. The summed E-state index contributed by atoms with van der Waals surface area (Å²) in [7, 11) is 0. The molecule has 0 saturated carbocycles. The van der Waals surface area contributed by atoms with Gasteiger partial charge in [-0.3, -0.25) is 4.79 Å². The summed E-state index contributed by atoms with van der Waals surface area (Å²) in [6.07, 6.45) is 0.192. The second-order valence-corrected chi connectivity index (χ2v) is 4.58. The van der Waals surface area contributed by atoms with E-state index >= 15 is 0 Å². The van der Waals surface area contributed by atoms with Crippen molar-refractivity contribution >= 4 is 11.6 Å². The van der Waals surface area contributed by atoms with E-state index in [0.717, 1.165) is 0 Å². The highest BCUT2D eigenvalue weighted by atomic mass is 19.4. The molecular formula is C14H14F3N3O2. The summed E-state index contributed by atoms with van der Waals surface area (Å²) in [6, 6.07) is 5.41. The monoisotopic (exact) mass is 313 g/mol. The zero-order valence-electron chi connectivity index (χ0n) is 11.7. The molecule has 0 spiro atoms. The molecule has 0 fully saturated rings. The molecule has 0 aliphatic carbocycles. The summed E-state index contributed by atoms with van der Waals surface area (Å²) in [5, 5.41) is 2.55. The van der Waals surface area contributed by atoms with Gasteiger partial charge in [0.1, 0.15) is 11.8 Å². The van der Waals surface area contributed by atoms with Crippen LogP contribution in [0.4, 0.5) is 18.9 Å². The van der Waals surface area contributed by atoms with Crippen molar-refractivity contribution in [3.8, 4) is 5.75 Å². The van der Waals surface area contributed by atoms with Crippen molar-refractivity contribution in [1.29, 1.82) is 0 Å². The molecule has 0 radical (unpaired) electrons. The number of aromatic nitrogens is 2. The Bertz CT molecular complexity index is 627. The molecule has 1 N–H and O–H groups in total. The van der Waals surface area contributed by atoms with Crippen LogP contribution in [-0.2, 0) is 4.79 Å². The van der Waals surface area contributed by atoms with E-state index in [9.17, 15) is 18.0 Å². The highest BCUT2D eigenvalue weighted by molar-refractivity contribution is 5.94. The Balaban J connectivity index is 2.07. The number of carbonyl (C=O) groups excluding carboxylic acids is 1. The van der Waals surface area contributed by atoms with Gasteiger partial charge in [-0.2, -0.15) is 13.2 Å². The number of benzene rings is 1. The maximum absolute atomic E-state index is 12.2. The van der Waals surface area contributed by atoms with Crippen molar-refractivity contribution in [1.82, 2.24) is 9.55 Å². The highest BCUT2D eigenvalue weighted by Crippen LogP contribution is 2.27. The minimum Gasteiger partial charge on any atom is -0.482 e. The van der Waals surface area contributed by atoms with Crippen LogP contribution in [0.25, 0.3) is 0 Å². The minimum atomic E-state index is -4.44. The summed E-state index contributed by atoms with van der Waals surface area (Å²) in [5.74, 6) is -0.424. The van der Waals surface area contributed by atoms with Gasteiger partial charge in [-0.15, -0.1) is 0 Å². The van der Waals surface area contributed by atoms with Gasteiger partial charge >= 0.3 is 6.18 Å². The molecule has 0 bridgehead atoms. The van der Waals surface area contributed by atoms with E-state index < -0.39 is 18.8 Å². The molecule has 0 unspecified atom stereocenters. The summed E-state index contributed by atoms with van der Waals surface area (Å²) in [4.78, 5) is 16.0. The fraction of sp³-hybridized carbons (Fsp3) is 0.286. The summed E-state index contributed by atoms with van der Waals surface area (Å²) in [6.45, 7) is 0.229. The van der Waals surface area contributed by atoms with Gasteiger partial charge in [-0.1, -0.05) is 12.1 Å². The number of carbonyl (C=O) groups is 1. The first kappa shape index (κ1) is 15.9. The second-order valence-electron chi connectivity index (χ2n) is 4.58. The van der Waals surface area contributed by atoms with Crippen LogP contribution in [0.5, 0.6) is 5.75 Å². The van der Waals surface area contributed by atoms with E-state index in [4.69, 9.17) is 4.74 Å². The van der Waals surface area contributed by atoms with Crippen LogP contribution in [0.1, 0.15) is 13.0 Å². The Labute approximate surface area is 124 Å². The second kappa shape index (κ2) is 6.50. The van der Waals surface area contributed by atoms with Crippen LogP contribution < -0.4 is 10.1 Å². The number of amides is 1. The van der Waals surface area contributed by atoms with Gasteiger partial charge in [0, 0.05) is 12.4 Å². The average molecular weight is 313 g/mol. The van der Waals surface area contributed by atoms with Crippen LogP contribution in [0.15, 0.2) is 43.0 Å². The predicted octanol–water partition coefficient (Wildman–Crippen LogP) is 3.02. The molecule has 2 aromatic rings. The molecule has 1 atom stereocenters. The highest BCUT2D eigenvalue weighted by Gasteiger charge is 2.29. The third kappa shape index (κ3) is 4.24. The number of imidazole rings is 1. The average Bonchev–Trinajstić information content (AvgIpc) is 2.98. The topological polar surface area (TPSA) is 56.1 Å². The molecule has 118 valence electrons. The number of alkyl halides is 3. The number of hydrogen-bond donors (Lipinski definition) is 1. The predicted molar refractivity (Wildman–Crippen MR) is 73.6 cm³/mol. The molecule has 1 aromatic carbocycles. The molecular weight excluding hydrogens is 299 g/mol. The Morgan fingerprint density at radius 1 is 1.41 bits per heavy atom. The molecule has 5 nitrogen and oxygen atoms in total. The molecule has 22 heavy (non-hydrogen) atoms. The number of nitrogens with one attached hydrogen (secondary N) is 1. The lowest BCUT2D eigenvalue weighted by atomic mass is 10.2. The standard InChI is InChI=1S/C14H14F3N3O2/c1-10(20-7-6-18-9-20)13(21)19-11-4-2-3-5-12(11)22-8-14(15,16)17/h2-7,9-10H,8H2,1H3,(H,19,21)/t10-/m1/s1. The quantitative estimate of drug-likeness (QED) is 0.923. The zero-order valence-corrected chi connectivity index (χ0v) is 11.7. The molecule has 0 aliphatic heterocycles. The first-order valence-corrected chi connectivity index (χ1v) is 6.44. The third-order valence-electron chi connectivity index (χ3n) is 2.89. The Hall–Kier alpha value is -2.51. The zero-order chi connectivity index (χ0) is 16.2. The van der Waals surface area contributed by atoms with Crippen molar-refractivity contribution < 1.29 is 22.7 Å². The van der Waals surface area contributed by atoms with E-state index in [1.54, 1.807) is 23.8 Å². The molecule has 2 rings (SSSR count). The number of para-hydroxylation sites is 2. The lowest BCUT2D eigenvalue weighted by Gasteiger charge is -2.16. The van der Waals surface area contributed by atoms with Crippen LogP contribution in [0, 0.1) is 0 Å². The Morgan fingerprint density at radius 3 is 2.77 bits per heavy atom. The number of nitrogens with zero attached hydrogens (tertiary/aromatic N) is 2. The van der Waals surface area contributed by atoms with Gasteiger partial charge in [-0.05, 0) is 19.1 Å². The third-order valence-corrected chi connectivity index (χ3v) is 2.89. The van der Waals surface area contributed by atoms with Crippen LogP contribution in [0.2, 0.25) is 0 Å². The van der Waals surface area contributed by atoms with Crippen molar-refractivity contribution in [2.75, 3.05) is 11.9 Å². The number of ether oxygens (including phenoxy) is 1. The number of rotatable bonds is 5. The van der Waals surface area contributed by atoms with E-state index in [0.29, 0.717) is 0 Å². The summed E-state index contributed by atoms with van der Waals surface area (Å²) in [5.41, 5.74) is 0.184. The van der Waals surface area contributed by atoms with E-state index in [1.165, 1.54) is 30.7 Å². The fourth-order valence-corrected chi connectivity index (χ4v) is 1.73. The fourth-order valence-electron chi connectivity index (χ4n) is 1.73. The van der Waals surface area contributed by atoms with E-state index in [-0.39, 0.29) is 17.3 Å². The molecule has 8 heteroatoms. The van der Waals surface area contributed by atoms with Crippen LogP contribution in [0.3, 0.4) is 0 Å². The van der Waals surface area contributed by atoms with E-state index in [2.05, 4.69) is 10.3 Å². The van der Waals surface area contributed by atoms with Crippen molar-refractivity contribution in [3.05, 3.63) is 43.0 Å². The first-order chi connectivity index (χ1) is 10.4. The lowest BCUT2D eigenvalue weighted by molar-refractivity contribution is -0.153. The van der Waals surface area contributed by atoms with E-state index in [1.807, 2.05) is 0 Å². The molecule has 1 heterocycles. The van der Waals surface area contributed by atoms with Gasteiger partial charge < -0.3 is 14.6 Å². The summed E-state index contributed by atoms with van der Waals surface area (Å²) >= 11 is 0. The summed E-state index contributed by atoms with van der Waals surface area (Å²) < 4.78 is 43.0. The van der Waals surface area contributed by atoms with Gasteiger partial charge in [-0.25, -0.2) is 4.98 Å². The molecule has 1 amide bonds. The van der Waals surface area contributed by atoms with Crippen molar-refractivity contribution in [2.45, 2.75) is 19.1 Å². The van der Waals surface area contributed by atoms with Crippen molar-refractivity contribution in [2.24, 2.45) is 0 Å². The largest absolute Gasteiger partial charge is 0.482 e. The maximum atomic E-state index is 12.2. The number of hydrogen-bond acceptors (Lipinski definition) is 3. The number of halogens is 3. The SMILES string of the molecule is C[C@H](C(=O)Nc1ccccc1OCC(F)(F)F)n1ccnc1. The van der Waals surface area contributed by atoms with Crippen LogP contribution >= 0.6 is 0 Å². The van der Waals surface area contributed by atoms with Gasteiger partial charge in [0.15, 0.2) is 6.61 Å². The van der Waals surface area contributed by atoms with Gasteiger partial charge in [0.2, 0.25) is 5.91 Å². The van der Waals surface area contributed by atoms with Crippen molar-refractivity contribution in [3.63, 3.8) is 0 Å². The number of anilines is 1. The maximum Gasteiger partial charge on any atom is 0.422 e. The lowest BCUT2D eigenvalue weighted by Crippen LogP contribution is -2.24. The molecule has 0 aliphatic rings. The molecule has 1 aromatic heterocycles. The Morgan fingerprint density at radius 2 is 2.14 bits per heavy atom.